The summed E-state index contributed by atoms with van der Waals surface area (Å²) in [5.41, 5.74) is 6.28. The molecule has 0 spiro atoms. The first-order valence-corrected chi connectivity index (χ1v) is 7.83. The molecule has 21 heavy (non-hydrogen) atoms. The highest BCUT2D eigenvalue weighted by molar-refractivity contribution is 5.91. The summed E-state index contributed by atoms with van der Waals surface area (Å²) >= 11 is 0. The quantitative estimate of drug-likeness (QED) is 0.689. The van der Waals surface area contributed by atoms with Crippen LogP contribution in [0, 0.1) is 0 Å². The number of rotatable bonds is 10. The molecule has 0 aliphatic heterocycles. The largest absolute Gasteiger partial charge is 0.446 e. The van der Waals surface area contributed by atoms with Gasteiger partial charge in [0, 0.05) is 13.1 Å². The maximum absolute atomic E-state index is 12.0. The van der Waals surface area contributed by atoms with Crippen LogP contribution in [-0.4, -0.2) is 42.0 Å². The molecule has 0 saturated heterocycles. The van der Waals surface area contributed by atoms with Crippen LogP contribution in [0.4, 0.5) is 0 Å². The zero-order valence-corrected chi connectivity index (χ0v) is 13.4. The third-order valence-electron chi connectivity index (χ3n) is 3.55. The van der Waals surface area contributed by atoms with Gasteiger partial charge in [-0.2, -0.15) is 0 Å². The van der Waals surface area contributed by atoms with Gasteiger partial charge in [-0.3, -0.25) is 4.79 Å². The van der Waals surface area contributed by atoms with Gasteiger partial charge in [0.1, 0.15) is 6.26 Å². The Bertz CT molecular complexity index is 416. The highest BCUT2D eigenvalue weighted by Gasteiger charge is 2.16. The number of oxazole rings is 1. The van der Waals surface area contributed by atoms with Crippen LogP contribution in [0.25, 0.3) is 0 Å². The van der Waals surface area contributed by atoms with Crippen molar-refractivity contribution in [3.8, 4) is 0 Å². The number of hydrogen-bond donors (Lipinski definition) is 2. The normalized spacial score (nSPS) is 12.6. The van der Waals surface area contributed by atoms with Crippen LogP contribution in [0.15, 0.2) is 10.7 Å². The van der Waals surface area contributed by atoms with Crippen molar-refractivity contribution in [3.05, 3.63) is 17.8 Å². The summed E-state index contributed by atoms with van der Waals surface area (Å²) in [6.45, 7) is 9.71. The van der Waals surface area contributed by atoms with Gasteiger partial charge in [-0.25, -0.2) is 4.98 Å². The van der Waals surface area contributed by atoms with E-state index in [0.717, 1.165) is 38.9 Å². The first-order valence-electron chi connectivity index (χ1n) is 7.83. The van der Waals surface area contributed by atoms with Crippen LogP contribution >= 0.6 is 0 Å². The van der Waals surface area contributed by atoms with Crippen molar-refractivity contribution in [2.75, 3.05) is 26.2 Å². The highest BCUT2D eigenvalue weighted by Crippen LogP contribution is 2.16. The van der Waals surface area contributed by atoms with Crippen molar-refractivity contribution in [3.63, 3.8) is 0 Å². The molecule has 0 aromatic carbocycles. The summed E-state index contributed by atoms with van der Waals surface area (Å²) in [4.78, 5) is 18.4. The number of unbranched alkanes of at least 4 members (excludes halogenated alkanes) is 1. The maximum atomic E-state index is 12.0. The Morgan fingerprint density at radius 3 is 2.76 bits per heavy atom. The number of amides is 1. The number of carbonyl (C=O) groups excluding carboxylic acids is 1. The van der Waals surface area contributed by atoms with Gasteiger partial charge in [0.15, 0.2) is 5.69 Å². The summed E-state index contributed by atoms with van der Waals surface area (Å²) in [5.74, 6) is 0.234. The molecule has 6 nitrogen and oxygen atoms in total. The monoisotopic (exact) mass is 296 g/mol. The Labute approximate surface area is 127 Å². The molecule has 1 rings (SSSR count). The zero-order valence-electron chi connectivity index (χ0n) is 13.4. The number of hydrogen-bond acceptors (Lipinski definition) is 5. The minimum Gasteiger partial charge on any atom is -0.446 e. The molecular formula is C15H28N4O2. The Kier molecular flexibility index (Phi) is 8.00. The van der Waals surface area contributed by atoms with Crippen molar-refractivity contribution in [1.29, 1.82) is 0 Å². The fraction of sp³-hybridized carbons (Fsp3) is 0.733. The molecule has 120 valence electrons. The standard InChI is InChI=1S/C15H28N4O2/c1-4-7-8-12(16)15-18-13(11-21-15)14(20)17-9-10-19(5-2)6-3/h11-12H,4-10,16H2,1-3H3,(H,17,20). The molecule has 0 aliphatic carbocycles. The molecule has 0 bridgehead atoms. The van der Waals surface area contributed by atoms with E-state index in [4.69, 9.17) is 10.2 Å². The Hall–Kier alpha value is -1.40. The smallest absolute Gasteiger partial charge is 0.273 e. The molecule has 0 radical (unpaired) electrons. The summed E-state index contributed by atoms with van der Waals surface area (Å²) in [6, 6.07) is -0.234. The molecule has 1 atom stereocenters. The average Bonchev–Trinajstić information content (AvgIpc) is 2.99. The molecule has 1 aromatic heterocycles. The molecule has 1 aromatic rings. The van der Waals surface area contributed by atoms with Gasteiger partial charge < -0.3 is 20.4 Å². The second kappa shape index (κ2) is 9.52. The van der Waals surface area contributed by atoms with Crippen molar-refractivity contribution in [2.45, 2.75) is 46.1 Å². The van der Waals surface area contributed by atoms with Crippen LogP contribution < -0.4 is 11.1 Å². The average molecular weight is 296 g/mol. The summed E-state index contributed by atoms with van der Waals surface area (Å²) in [6.07, 6.45) is 4.30. The molecule has 0 aliphatic rings. The van der Waals surface area contributed by atoms with E-state index in [1.165, 1.54) is 6.26 Å². The van der Waals surface area contributed by atoms with Gasteiger partial charge in [-0.1, -0.05) is 33.6 Å². The molecule has 0 fully saturated rings. The van der Waals surface area contributed by atoms with E-state index in [0.29, 0.717) is 18.1 Å². The SMILES string of the molecule is CCCCC(N)c1nc(C(=O)NCCN(CC)CC)co1. The first-order chi connectivity index (χ1) is 10.1. The highest BCUT2D eigenvalue weighted by atomic mass is 16.3. The van der Waals surface area contributed by atoms with E-state index < -0.39 is 0 Å². The van der Waals surface area contributed by atoms with Gasteiger partial charge in [0.05, 0.1) is 6.04 Å². The van der Waals surface area contributed by atoms with Crippen LogP contribution in [-0.2, 0) is 0 Å². The van der Waals surface area contributed by atoms with Gasteiger partial charge in [0.25, 0.3) is 5.91 Å². The van der Waals surface area contributed by atoms with Crippen molar-refractivity contribution in [2.24, 2.45) is 5.73 Å². The van der Waals surface area contributed by atoms with E-state index in [9.17, 15) is 4.79 Å². The van der Waals surface area contributed by atoms with Crippen molar-refractivity contribution in [1.82, 2.24) is 15.2 Å². The van der Waals surface area contributed by atoms with Crippen molar-refractivity contribution < 1.29 is 9.21 Å². The van der Waals surface area contributed by atoms with Gasteiger partial charge in [-0.15, -0.1) is 0 Å². The number of nitrogens with zero attached hydrogens (tertiary/aromatic N) is 2. The molecule has 1 unspecified atom stereocenters. The van der Waals surface area contributed by atoms with E-state index in [-0.39, 0.29) is 11.9 Å². The number of aromatic nitrogens is 1. The number of nitrogens with one attached hydrogen (secondary N) is 1. The fourth-order valence-electron chi connectivity index (χ4n) is 2.07. The Morgan fingerprint density at radius 1 is 1.43 bits per heavy atom. The molecule has 1 amide bonds. The molecule has 0 saturated carbocycles. The molecule has 6 heteroatoms. The summed E-state index contributed by atoms with van der Waals surface area (Å²) < 4.78 is 5.31. The van der Waals surface area contributed by atoms with Crippen LogP contribution in [0.1, 0.15) is 62.5 Å². The molecule has 3 N–H and O–H groups in total. The summed E-state index contributed by atoms with van der Waals surface area (Å²) in [5, 5.41) is 2.85. The lowest BCUT2D eigenvalue weighted by Crippen LogP contribution is -2.34. The van der Waals surface area contributed by atoms with E-state index in [2.05, 4.69) is 36.0 Å². The predicted molar refractivity (Wildman–Crippen MR) is 83.1 cm³/mol. The first kappa shape index (κ1) is 17.7. The van der Waals surface area contributed by atoms with Crippen LogP contribution in [0.3, 0.4) is 0 Å². The lowest BCUT2D eigenvalue weighted by atomic mass is 10.1. The summed E-state index contributed by atoms with van der Waals surface area (Å²) in [7, 11) is 0. The van der Waals surface area contributed by atoms with Gasteiger partial charge in [-0.05, 0) is 19.5 Å². The minimum atomic E-state index is -0.234. The van der Waals surface area contributed by atoms with Crippen molar-refractivity contribution >= 4 is 5.91 Å². The Morgan fingerprint density at radius 2 is 2.14 bits per heavy atom. The lowest BCUT2D eigenvalue weighted by molar-refractivity contribution is 0.0944. The number of likely N-dealkylation sites (N-methyl/N-ethyl adjacent to an activating group) is 1. The predicted octanol–water partition coefficient (Wildman–Crippen LogP) is 1.94. The second-order valence-corrected chi connectivity index (χ2v) is 5.10. The molecular weight excluding hydrogens is 268 g/mol. The Balaban J connectivity index is 2.43. The van der Waals surface area contributed by atoms with Gasteiger partial charge >= 0.3 is 0 Å². The third-order valence-corrected chi connectivity index (χ3v) is 3.55. The second-order valence-electron chi connectivity index (χ2n) is 5.10. The van der Waals surface area contributed by atoms with E-state index >= 15 is 0 Å². The minimum absolute atomic E-state index is 0.208. The van der Waals surface area contributed by atoms with Gasteiger partial charge in [0.2, 0.25) is 5.89 Å². The molecule has 1 heterocycles. The number of carbonyl (C=O) groups is 1. The van der Waals surface area contributed by atoms with E-state index in [1.807, 2.05) is 0 Å². The topological polar surface area (TPSA) is 84.4 Å². The van der Waals surface area contributed by atoms with Crippen LogP contribution in [0.2, 0.25) is 0 Å². The lowest BCUT2D eigenvalue weighted by Gasteiger charge is -2.17. The zero-order chi connectivity index (χ0) is 15.7. The van der Waals surface area contributed by atoms with E-state index in [1.54, 1.807) is 0 Å². The van der Waals surface area contributed by atoms with Crippen LogP contribution in [0.5, 0.6) is 0 Å². The third kappa shape index (κ3) is 5.85. The fourth-order valence-corrected chi connectivity index (χ4v) is 2.07. The number of nitrogens with two attached hydrogens (primary N) is 1. The maximum Gasteiger partial charge on any atom is 0.273 e.